The number of hydrogen-bond donors (Lipinski definition) is 2. The van der Waals surface area contributed by atoms with Gasteiger partial charge in [-0.1, -0.05) is 19.1 Å². The zero-order valence-corrected chi connectivity index (χ0v) is 11.8. The number of morpholine rings is 1. The fourth-order valence-corrected chi connectivity index (χ4v) is 2.25. The predicted octanol–water partition coefficient (Wildman–Crippen LogP) is 0.881. The van der Waals surface area contributed by atoms with Crippen molar-refractivity contribution in [3.05, 3.63) is 29.8 Å². The van der Waals surface area contributed by atoms with Gasteiger partial charge in [-0.05, 0) is 30.7 Å². The van der Waals surface area contributed by atoms with E-state index in [0.29, 0.717) is 19.6 Å². The number of rotatable bonds is 5. The number of anilines is 1. The normalized spacial score (nSPS) is 19.8. The molecule has 1 saturated heterocycles. The van der Waals surface area contributed by atoms with Gasteiger partial charge in [0, 0.05) is 25.4 Å². The van der Waals surface area contributed by atoms with Crippen LogP contribution in [0.15, 0.2) is 24.3 Å². The largest absolute Gasteiger partial charge is 0.396 e. The molecule has 1 fully saturated rings. The summed E-state index contributed by atoms with van der Waals surface area (Å²) in [5, 5.41) is 11.7. The molecule has 1 atom stereocenters. The second-order valence-electron chi connectivity index (χ2n) is 4.91. The summed E-state index contributed by atoms with van der Waals surface area (Å²) in [6.07, 6.45) is 0.228. The highest BCUT2D eigenvalue weighted by molar-refractivity contribution is 5.94. The van der Waals surface area contributed by atoms with Crippen LogP contribution in [0.1, 0.15) is 12.5 Å². The highest BCUT2D eigenvalue weighted by Gasteiger charge is 2.25. The molecule has 20 heavy (non-hydrogen) atoms. The number of aliphatic hydroxyl groups excluding tert-OH is 1. The molecule has 0 bridgehead atoms. The van der Waals surface area contributed by atoms with Gasteiger partial charge in [-0.25, -0.2) is 0 Å². The molecular formula is C15H22N2O3. The first kappa shape index (κ1) is 15.0. The summed E-state index contributed by atoms with van der Waals surface area (Å²) in [4.78, 5) is 14.3. The molecule has 1 aliphatic heterocycles. The molecule has 1 amide bonds. The predicted molar refractivity (Wildman–Crippen MR) is 77.7 cm³/mol. The van der Waals surface area contributed by atoms with Crippen molar-refractivity contribution in [2.75, 3.05) is 38.2 Å². The Hall–Kier alpha value is -1.43. The van der Waals surface area contributed by atoms with Crippen molar-refractivity contribution in [1.29, 1.82) is 0 Å². The Balaban J connectivity index is 1.90. The van der Waals surface area contributed by atoms with E-state index in [0.717, 1.165) is 24.3 Å². The van der Waals surface area contributed by atoms with Crippen LogP contribution in [-0.2, 0) is 16.0 Å². The van der Waals surface area contributed by atoms with Crippen LogP contribution in [0.25, 0.3) is 0 Å². The van der Waals surface area contributed by atoms with Crippen LogP contribution in [0.3, 0.4) is 0 Å². The number of benzene rings is 1. The van der Waals surface area contributed by atoms with Crippen molar-refractivity contribution in [3.8, 4) is 0 Å². The summed E-state index contributed by atoms with van der Waals surface area (Å²) < 4.78 is 5.52. The molecule has 5 heteroatoms. The Labute approximate surface area is 119 Å². The zero-order valence-electron chi connectivity index (χ0n) is 11.8. The third-order valence-corrected chi connectivity index (χ3v) is 3.51. The molecule has 0 aromatic heterocycles. The van der Waals surface area contributed by atoms with Gasteiger partial charge in [0.1, 0.15) is 6.10 Å². The van der Waals surface area contributed by atoms with E-state index < -0.39 is 6.10 Å². The number of amides is 1. The molecule has 0 spiro atoms. The lowest BCUT2D eigenvalue weighted by atomic mass is 10.1. The van der Waals surface area contributed by atoms with Gasteiger partial charge in [0.25, 0.3) is 5.91 Å². The topological polar surface area (TPSA) is 61.8 Å². The highest BCUT2D eigenvalue weighted by atomic mass is 16.5. The monoisotopic (exact) mass is 278 g/mol. The summed E-state index contributed by atoms with van der Waals surface area (Å²) in [7, 11) is 0. The fraction of sp³-hybridized carbons (Fsp3) is 0.533. The number of carbonyl (C=O) groups excluding carboxylic acids is 1. The van der Waals surface area contributed by atoms with Gasteiger partial charge in [0.15, 0.2) is 0 Å². The van der Waals surface area contributed by atoms with Gasteiger partial charge in [0.05, 0.1) is 6.61 Å². The van der Waals surface area contributed by atoms with Gasteiger partial charge in [-0.15, -0.1) is 0 Å². The molecule has 1 unspecified atom stereocenters. The van der Waals surface area contributed by atoms with Crippen LogP contribution in [0.2, 0.25) is 0 Å². The Bertz CT molecular complexity index is 433. The zero-order chi connectivity index (χ0) is 14.4. The van der Waals surface area contributed by atoms with E-state index in [9.17, 15) is 4.79 Å². The quantitative estimate of drug-likeness (QED) is 0.839. The number of carbonyl (C=O) groups is 1. The number of hydrogen-bond acceptors (Lipinski definition) is 4. The lowest BCUT2D eigenvalue weighted by Crippen LogP contribution is -2.47. The van der Waals surface area contributed by atoms with Crippen molar-refractivity contribution in [2.45, 2.75) is 19.4 Å². The third-order valence-electron chi connectivity index (χ3n) is 3.51. The Morgan fingerprint density at radius 1 is 1.45 bits per heavy atom. The van der Waals surface area contributed by atoms with Gasteiger partial charge in [-0.2, -0.15) is 0 Å². The number of nitrogens with zero attached hydrogens (tertiary/aromatic N) is 1. The van der Waals surface area contributed by atoms with E-state index in [4.69, 9.17) is 9.84 Å². The van der Waals surface area contributed by atoms with Gasteiger partial charge >= 0.3 is 0 Å². The van der Waals surface area contributed by atoms with Crippen LogP contribution in [-0.4, -0.2) is 54.9 Å². The van der Waals surface area contributed by atoms with E-state index in [2.05, 4.69) is 17.1 Å². The van der Waals surface area contributed by atoms with Crippen molar-refractivity contribution in [2.24, 2.45) is 0 Å². The summed E-state index contributed by atoms with van der Waals surface area (Å²) in [6.45, 7) is 5.28. The second kappa shape index (κ2) is 7.38. The molecule has 0 aliphatic carbocycles. The lowest BCUT2D eigenvalue weighted by Gasteiger charge is -2.31. The molecule has 1 aliphatic rings. The molecule has 1 aromatic carbocycles. The maximum Gasteiger partial charge on any atom is 0.254 e. The molecule has 2 N–H and O–H groups in total. The molecule has 1 aromatic rings. The van der Waals surface area contributed by atoms with Crippen molar-refractivity contribution < 1.29 is 14.6 Å². The first-order valence-corrected chi connectivity index (χ1v) is 7.07. The second-order valence-corrected chi connectivity index (χ2v) is 4.91. The molecule has 0 saturated carbocycles. The van der Waals surface area contributed by atoms with Crippen molar-refractivity contribution >= 4 is 11.6 Å². The number of nitrogens with one attached hydrogen (secondary N) is 1. The Kier molecular flexibility index (Phi) is 5.52. The molecule has 0 radical (unpaired) electrons. The van der Waals surface area contributed by atoms with Crippen molar-refractivity contribution in [3.63, 3.8) is 0 Å². The number of ether oxygens (including phenoxy) is 1. The Morgan fingerprint density at radius 3 is 2.85 bits per heavy atom. The standard InChI is InChI=1S/C15H22N2O3/c1-2-17-8-10-20-14(11-17)15(19)16-13-5-3-12(4-6-13)7-9-18/h3-6,14,18H,2,7-11H2,1H3,(H,16,19). The maximum atomic E-state index is 12.1. The van der Waals surface area contributed by atoms with E-state index in [1.54, 1.807) is 0 Å². The van der Waals surface area contributed by atoms with Crippen LogP contribution < -0.4 is 5.32 Å². The average Bonchev–Trinajstić information content (AvgIpc) is 2.49. The molecular weight excluding hydrogens is 256 g/mol. The summed E-state index contributed by atoms with van der Waals surface area (Å²) in [5.74, 6) is -0.0990. The average molecular weight is 278 g/mol. The third kappa shape index (κ3) is 4.03. The maximum absolute atomic E-state index is 12.1. The minimum absolute atomic E-state index is 0.0990. The van der Waals surface area contributed by atoms with E-state index in [1.165, 1.54) is 0 Å². The minimum Gasteiger partial charge on any atom is -0.396 e. The van der Waals surface area contributed by atoms with Gasteiger partial charge < -0.3 is 15.2 Å². The van der Waals surface area contributed by atoms with Crippen molar-refractivity contribution in [1.82, 2.24) is 4.90 Å². The molecule has 110 valence electrons. The Morgan fingerprint density at radius 2 is 2.20 bits per heavy atom. The van der Waals surface area contributed by atoms with Crippen LogP contribution >= 0.6 is 0 Å². The summed E-state index contributed by atoms with van der Waals surface area (Å²) in [6, 6.07) is 7.52. The first-order valence-electron chi connectivity index (χ1n) is 7.07. The lowest BCUT2D eigenvalue weighted by molar-refractivity contribution is -0.132. The van der Waals surface area contributed by atoms with Gasteiger partial charge in [0.2, 0.25) is 0 Å². The summed E-state index contributed by atoms with van der Waals surface area (Å²) in [5.41, 5.74) is 1.81. The van der Waals surface area contributed by atoms with E-state index >= 15 is 0 Å². The van der Waals surface area contributed by atoms with E-state index in [-0.39, 0.29) is 12.5 Å². The molecule has 2 rings (SSSR count). The highest BCUT2D eigenvalue weighted by Crippen LogP contribution is 2.12. The SMILES string of the molecule is CCN1CCOC(C(=O)Nc2ccc(CCO)cc2)C1. The molecule has 5 nitrogen and oxygen atoms in total. The number of likely N-dealkylation sites (N-methyl/N-ethyl adjacent to an activating group) is 1. The summed E-state index contributed by atoms with van der Waals surface area (Å²) >= 11 is 0. The smallest absolute Gasteiger partial charge is 0.254 e. The minimum atomic E-state index is -0.402. The number of aliphatic hydroxyl groups is 1. The van der Waals surface area contributed by atoms with Crippen LogP contribution in [0.5, 0.6) is 0 Å². The van der Waals surface area contributed by atoms with Gasteiger partial charge in [-0.3, -0.25) is 9.69 Å². The van der Waals surface area contributed by atoms with E-state index in [1.807, 2.05) is 24.3 Å². The fourth-order valence-electron chi connectivity index (χ4n) is 2.25. The van der Waals surface area contributed by atoms with Crippen LogP contribution in [0, 0.1) is 0 Å². The van der Waals surface area contributed by atoms with Crippen LogP contribution in [0.4, 0.5) is 5.69 Å². The molecule has 1 heterocycles. The first-order chi connectivity index (χ1) is 9.72.